The molecular weight excluding hydrogens is 596 g/mol. The Kier molecular flexibility index (Phi) is 8.32. The summed E-state index contributed by atoms with van der Waals surface area (Å²) in [6, 6.07) is 18.2. The maximum Gasteiger partial charge on any atom is 0.211 e. The van der Waals surface area contributed by atoms with Gasteiger partial charge in [0.15, 0.2) is 34.5 Å². The minimum Gasteiger partial charge on any atom is -0.493 e. The molecule has 0 unspecified atom stereocenters. The minimum atomic E-state index is -0.0948. The molecule has 0 aliphatic carbocycles. The predicted octanol–water partition coefficient (Wildman–Crippen LogP) is 6.99. The Morgan fingerprint density at radius 2 is 1.45 bits per heavy atom. The lowest BCUT2D eigenvalue weighted by molar-refractivity contribution is 0.219. The molecule has 0 radical (unpaired) electrons. The lowest BCUT2D eigenvalue weighted by Gasteiger charge is -2.37. The molecular formula is C38H40N2O7. The Balaban J connectivity index is 1.49. The highest BCUT2D eigenvalue weighted by Crippen LogP contribution is 2.52. The monoisotopic (exact) mass is 636 g/mol. The van der Waals surface area contributed by atoms with Crippen LogP contribution in [0.4, 0.5) is 0 Å². The van der Waals surface area contributed by atoms with Crippen LogP contribution in [0.3, 0.4) is 0 Å². The van der Waals surface area contributed by atoms with Crippen molar-refractivity contribution in [2.24, 2.45) is 4.99 Å². The number of benzene rings is 4. The summed E-state index contributed by atoms with van der Waals surface area (Å²) in [6.07, 6.45) is 2.91. The second-order valence-corrected chi connectivity index (χ2v) is 12.0. The van der Waals surface area contributed by atoms with Crippen molar-refractivity contribution in [2.75, 3.05) is 55.7 Å². The van der Waals surface area contributed by atoms with E-state index in [2.05, 4.69) is 42.3 Å². The van der Waals surface area contributed by atoms with Gasteiger partial charge in [0.1, 0.15) is 5.75 Å². The molecule has 244 valence electrons. The summed E-state index contributed by atoms with van der Waals surface area (Å²) in [7, 11) is 10.4. The maximum atomic E-state index is 6.98. The van der Waals surface area contributed by atoms with Gasteiger partial charge in [0.05, 0.1) is 35.5 Å². The van der Waals surface area contributed by atoms with Gasteiger partial charge >= 0.3 is 0 Å². The van der Waals surface area contributed by atoms with Crippen LogP contribution >= 0.6 is 0 Å². The first-order chi connectivity index (χ1) is 23.0. The van der Waals surface area contributed by atoms with E-state index in [0.29, 0.717) is 71.1 Å². The van der Waals surface area contributed by atoms with Crippen LogP contribution in [0, 0.1) is 0 Å². The lowest BCUT2D eigenvalue weighted by atomic mass is 9.87. The highest BCUT2D eigenvalue weighted by atomic mass is 16.6. The SMILES string of the molecule is COc1cc2c3cc1Oc1c(OC)c(OC)cc4c1[C@H](Cc1ccc(OC)c(c1OC)Oc1ccc(cc1)CC3=NCC2)N(C)CC4. The number of nitrogens with zero attached hydrogens (tertiary/aromatic N) is 2. The van der Waals surface area contributed by atoms with Gasteiger partial charge in [0, 0.05) is 48.0 Å². The van der Waals surface area contributed by atoms with Gasteiger partial charge in [0.25, 0.3) is 0 Å². The Morgan fingerprint density at radius 3 is 2.17 bits per heavy atom. The van der Waals surface area contributed by atoms with Gasteiger partial charge < -0.3 is 33.2 Å². The summed E-state index contributed by atoms with van der Waals surface area (Å²) >= 11 is 0. The van der Waals surface area contributed by atoms with Crippen LogP contribution in [-0.4, -0.2) is 66.3 Å². The first kappa shape index (κ1) is 30.7. The summed E-state index contributed by atoms with van der Waals surface area (Å²) in [5.41, 5.74) is 7.50. The Labute approximate surface area is 275 Å². The summed E-state index contributed by atoms with van der Waals surface area (Å²) < 4.78 is 43.1. The first-order valence-electron chi connectivity index (χ1n) is 15.9. The Morgan fingerprint density at radius 1 is 0.702 bits per heavy atom. The second-order valence-electron chi connectivity index (χ2n) is 12.0. The Hall–Kier alpha value is -4.89. The lowest BCUT2D eigenvalue weighted by Crippen LogP contribution is -2.34. The minimum absolute atomic E-state index is 0.0948. The van der Waals surface area contributed by atoms with E-state index < -0.39 is 0 Å². The van der Waals surface area contributed by atoms with E-state index in [0.717, 1.165) is 52.9 Å². The number of fused-ring (bicyclic) bond motifs is 2. The molecule has 47 heavy (non-hydrogen) atoms. The third-order valence-corrected chi connectivity index (χ3v) is 9.45. The van der Waals surface area contributed by atoms with Crippen molar-refractivity contribution >= 4 is 5.71 Å². The number of likely N-dealkylation sites (N-methyl/N-ethyl adjacent to an activating group) is 1. The molecule has 0 aromatic heterocycles. The van der Waals surface area contributed by atoms with Gasteiger partial charge in [-0.3, -0.25) is 9.89 Å². The highest BCUT2D eigenvalue weighted by Gasteiger charge is 2.35. The number of hydrogen-bond acceptors (Lipinski definition) is 9. The molecule has 4 aromatic rings. The average molecular weight is 637 g/mol. The fourth-order valence-corrected chi connectivity index (χ4v) is 7.03. The molecule has 8 rings (SSSR count). The van der Waals surface area contributed by atoms with Crippen molar-refractivity contribution in [3.05, 3.63) is 88.0 Å². The van der Waals surface area contributed by atoms with E-state index in [1.807, 2.05) is 24.3 Å². The third kappa shape index (κ3) is 5.48. The van der Waals surface area contributed by atoms with Crippen LogP contribution in [0.15, 0.2) is 59.6 Å². The first-order valence-corrected chi connectivity index (χ1v) is 15.9. The van der Waals surface area contributed by atoms with Crippen LogP contribution in [0.1, 0.15) is 39.4 Å². The van der Waals surface area contributed by atoms with Crippen molar-refractivity contribution in [3.8, 4) is 51.7 Å². The third-order valence-electron chi connectivity index (χ3n) is 9.45. The van der Waals surface area contributed by atoms with Gasteiger partial charge in [-0.15, -0.1) is 0 Å². The zero-order valence-corrected chi connectivity index (χ0v) is 27.8. The van der Waals surface area contributed by atoms with E-state index in [1.54, 1.807) is 35.5 Å². The number of rotatable bonds is 5. The molecule has 4 aliphatic rings. The fraction of sp³-hybridized carbons (Fsp3) is 0.342. The molecule has 9 nitrogen and oxygen atoms in total. The summed E-state index contributed by atoms with van der Waals surface area (Å²) in [5.74, 6) is 5.43. The van der Waals surface area contributed by atoms with E-state index in [4.69, 9.17) is 38.2 Å². The molecule has 1 atom stereocenters. The van der Waals surface area contributed by atoms with Crippen molar-refractivity contribution in [1.82, 2.24) is 4.90 Å². The van der Waals surface area contributed by atoms with Crippen molar-refractivity contribution in [2.45, 2.75) is 31.7 Å². The van der Waals surface area contributed by atoms with E-state index in [-0.39, 0.29) is 6.04 Å². The number of ether oxygens (including phenoxy) is 7. The normalized spacial score (nSPS) is 16.8. The molecule has 0 N–H and O–H groups in total. The van der Waals surface area contributed by atoms with Gasteiger partial charge in [-0.05, 0) is 79.4 Å². The summed E-state index contributed by atoms with van der Waals surface area (Å²) in [5, 5.41) is 0. The fourth-order valence-electron chi connectivity index (χ4n) is 7.03. The Bertz CT molecular complexity index is 1850. The number of aliphatic imine (C=N–C) groups is 1. The summed E-state index contributed by atoms with van der Waals surface area (Å²) in [6.45, 7) is 1.57. The molecule has 6 bridgehead atoms. The van der Waals surface area contributed by atoms with Crippen LogP contribution in [0.5, 0.6) is 51.7 Å². The average Bonchev–Trinajstić information content (AvgIpc) is 3.09. The van der Waals surface area contributed by atoms with Gasteiger partial charge in [-0.25, -0.2) is 0 Å². The van der Waals surface area contributed by atoms with Crippen molar-refractivity contribution < 1.29 is 33.2 Å². The largest absolute Gasteiger partial charge is 0.493 e. The van der Waals surface area contributed by atoms with Gasteiger partial charge in [-0.2, -0.15) is 0 Å². The molecule has 0 saturated carbocycles. The molecule has 0 saturated heterocycles. The van der Waals surface area contributed by atoms with E-state index in [1.165, 1.54) is 5.56 Å². The molecule has 0 fully saturated rings. The van der Waals surface area contributed by atoms with Crippen molar-refractivity contribution in [3.63, 3.8) is 0 Å². The summed E-state index contributed by atoms with van der Waals surface area (Å²) in [4.78, 5) is 7.32. The molecule has 9 heteroatoms. The number of hydrogen-bond donors (Lipinski definition) is 0. The van der Waals surface area contributed by atoms with Crippen LogP contribution in [0.25, 0.3) is 0 Å². The molecule has 4 heterocycles. The topological polar surface area (TPSA) is 80.2 Å². The molecule has 0 spiro atoms. The quantitative estimate of drug-likeness (QED) is 0.232. The molecule has 4 aliphatic heterocycles. The zero-order valence-electron chi connectivity index (χ0n) is 27.8. The molecule has 0 amide bonds. The van der Waals surface area contributed by atoms with Gasteiger partial charge in [-0.1, -0.05) is 18.2 Å². The molecule has 4 aromatic carbocycles. The predicted molar refractivity (Wildman–Crippen MR) is 180 cm³/mol. The van der Waals surface area contributed by atoms with E-state index in [9.17, 15) is 0 Å². The maximum absolute atomic E-state index is 6.98. The van der Waals surface area contributed by atoms with Gasteiger partial charge in [0.2, 0.25) is 11.5 Å². The van der Waals surface area contributed by atoms with E-state index >= 15 is 0 Å². The highest BCUT2D eigenvalue weighted by molar-refractivity contribution is 6.04. The zero-order chi connectivity index (χ0) is 32.7. The standard InChI is InChI=1S/C38H40N2O7/c1-40-16-14-24-20-33(43-4)36(45-6)38-34(24)29(40)18-25-9-12-30(41-2)37(35(25)44-5)46-26-10-7-22(8-11-26)17-28-27-21-32(47-38)31(42-3)19-23(27)13-15-39-28/h7-12,19-21,29H,13-18H2,1-6H3/t29-/m0/s1. The smallest absolute Gasteiger partial charge is 0.211 e. The van der Waals surface area contributed by atoms with Crippen LogP contribution < -0.4 is 33.2 Å². The van der Waals surface area contributed by atoms with Crippen LogP contribution in [-0.2, 0) is 25.7 Å². The second kappa shape index (κ2) is 12.7. The number of methoxy groups -OCH3 is 5. The van der Waals surface area contributed by atoms with Crippen LogP contribution in [0.2, 0.25) is 0 Å². The van der Waals surface area contributed by atoms with Crippen molar-refractivity contribution in [1.29, 1.82) is 0 Å².